The fourth-order valence-corrected chi connectivity index (χ4v) is 2.88. The van der Waals surface area contributed by atoms with Crippen LogP contribution in [0.25, 0.3) is 0 Å². The molecular formula is C20H21ClN4O. The number of benzene rings is 2. The molecule has 2 aromatic carbocycles. The number of anilines is 3. The van der Waals surface area contributed by atoms with Crippen molar-refractivity contribution in [2.24, 2.45) is 0 Å². The van der Waals surface area contributed by atoms with E-state index in [4.69, 9.17) is 16.3 Å². The Morgan fingerprint density at radius 3 is 2.50 bits per heavy atom. The monoisotopic (exact) mass is 368 g/mol. The van der Waals surface area contributed by atoms with Gasteiger partial charge in [0.15, 0.2) is 0 Å². The van der Waals surface area contributed by atoms with Gasteiger partial charge in [0.25, 0.3) is 0 Å². The number of rotatable bonds is 6. The third-order valence-corrected chi connectivity index (χ3v) is 4.22. The van der Waals surface area contributed by atoms with Crippen LogP contribution in [0.1, 0.15) is 24.2 Å². The average Bonchev–Trinajstić information content (AvgIpc) is 2.62. The van der Waals surface area contributed by atoms with E-state index in [1.54, 1.807) is 19.2 Å². The summed E-state index contributed by atoms with van der Waals surface area (Å²) in [5, 5.41) is 7.13. The van der Waals surface area contributed by atoms with Gasteiger partial charge in [0, 0.05) is 23.5 Å². The predicted octanol–water partition coefficient (Wildman–Crippen LogP) is 5.36. The standard InChI is InChI=1S/C20H21ClN4O/c1-13-11-19(23-14(2)15-7-5-4-6-8-15)25-20(22-13)24-16-9-10-18(26-3)17(21)12-16/h4-12,14H,1-3H3,(H2,22,23,24,25). The Balaban J connectivity index is 1.78. The van der Waals surface area contributed by atoms with E-state index < -0.39 is 0 Å². The highest BCUT2D eigenvalue weighted by atomic mass is 35.5. The maximum absolute atomic E-state index is 6.18. The highest BCUT2D eigenvalue weighted by molar-refractivity contribution is 6.32. The van der Waals surface area contributed by atoms with Crippen LogP contribution in [-0.2, 0) is 0 Å². The maximum atomic E-state index is 6.18. The van der Waals surface area contributed by atoms with Gasteiger partial charge in [-0.25, -0.2) is 4.98 Å². The third-order valence-electron chi connectivity index (χ3n) is 3.93. The summed E-state index contributed by atoms with van der Waals surface area (Å²) < 4.78 is 5.17. The van der Waals surface area contributed by atoms with Crippen LogP contribution in [0.2, 0.25) is 5.02 Å². The largest absolute Gasteiger partial charge is 0.495 e. The van der Waals surface area contributed by atoms with Gasteiger partial charge in [-0.05, 0) is 37.6 Å². The van der Waals surface area contributed by atoms with Gasteiger partial charge in [-0.2, -0.15) is 4.98 Å². The zero-order chi connectivity index (χ0) is 18.5. The summed E-state index contributed by atoms with van der Waals surface area (Å²) in [5.74, 6) is 1.89. The molecule has 0 aliphatic rings. The Morgan fingerprint density at radius 2 is 1.81 bits per heavy atom. The molecule has 0 bridgehead atoms. The number of nitrogens with one attached hydrogen (secondary N) is 2. The summed E-state index contributed by atoms with van der Waals surface area (Å²) in [4.78, 5) is 9.00. The molecule has 0 saturated carbocycles. The first-order chi connectivity index (χ1) is 12.5. The molecule has 3 aromatic rings. The van der Waals surface area contributed by atoms with E-state index in [1.807, 2.05) is 37.3 Å². The second-order valence-electron chi connectivity index (χ2n) is 5.97. The summed E-state index contributed by atoms with van der Waals surface area (Å²) in [6.45, 7) is 4.04. The van der Waals surface area contributed by atoms with E-state index >= 15 is 0 Å². The summed E-state index contributed by atoms with van der Waals surface area (Å²) in [7, 11) is 1.59. The maximum Gasteiger partial charge on any atom is 0.229 e. The minimum Gasteiger partial charge on any atom is -0.495 e. The molecule has 1 unspecified atom stereocenters. The normalized spacial score (nSPS) is 11.7. The first-order valence-corrected chi connectivity index (χ1v) is 8.70. The van der Waals surface area contributed by atoms with Crippen LogP contribution in [0, 0.1) is 6.92 Å². The van der Waals surface area contributed by atoms with Crippen molar-refractivity contribution in [3.63, 3.8) is 0 Å². The molecule has 0 spiro atoms. The molecule has 1 heterocycles. The quantitative estimate of drug-likeness (QED) is 0.613. The van der Waals surface area contributed by atoms with E-state index in [0.717, 1.165) is 17.2 Å². The summed E-state index contributed by atoms with van der Waals surface area (Å²) >= 11 is 6.18. The molecule has 0 fully saturated rings. The molecule has 134 valence electrons. The lowest BCUT2D eigenvalue weighted by molar-refractivity contribution is 0.415. The molecule has 6 heteroatoms. The van der Waals surface area contributed by atoms with Crippen LogP contribution < -0.4 is 15.4 Å². The first-order valence-electron chi connectivity index (χ1n) is 8.33. The fourth-order valence-electron chi connectivity index (χ4n) is 2.62. The van der Waals surface area contributed by atoms with Gasteiger partial charge in [0.2, 0.25) is 5.95 Å². The Morgan fingerprint density at radius 1 is 1.04 bits per heavy atom. The highest BCUT2D eigenvalue weighted by Gasteiger charge is 2.09. The summed E-state index contributed by atoms with van der Waals surface area (Å²) in [6.07, 6.45) is 0. The van der Waals surface area contributed by atoms with Crippen molar-refractivity contribution in [2.45, 2.75) is 19.9 Å². The predicted molar refractivity (Wildman–Crippen MR) is 107 cm³/mol. The molecule has 0 aliphatic heterocycles. The van der Waals surface area contributed by atoms with Crippen LogP contribution in [0.3, 0.4) is 0 Å². The fraction of sp³-hybridized carbons (Fsp3) is 0.200. The van der Waals surface area contributed by atoms with Gasteiger partial charge in [-0.1, -0.05) is 41.9 Å². The number of aryl methyl sites for hydroxylation is 1. The first kappa shape index (κ1) is 18.0. The van der Waals surface area contributed by atoms with Crippen molar-refractivity contribution < 1.29 is 4.74 Å². The lowest BCUT2D eigenvalue weighted by Crippen LogP contribution is -2.09. The van der Waals surface area contributed by atoms with Gasteiger partial charge >= 0.3 is 0 Å². The van der Waals surface area contributed by atoms with Crippen molar-refractivity contribution in [3.8, 4) is 5.75 Å². The van der Waals surface area contributed by atoms with Crippen LogP contribution in [0.15, 0.2) is 54.6 Å². The molecule has 3 rings (SSSR count). The number of methoxy groups -OCH3 is 1. The van der Waals surface area contributed by atoms with Crippen LogP contribution in [0.4, 0.5) is 17.5 Å². The highest BCUT2D eigenvalue weighted by Crippen LogP contribution is 2.28. The second kappa shape index (κ2) is 8.06. The summed E-state index contributed by atoms with van der Waals surface area (Å²) in [5.41, 5.74) is 2.86. The lowest BCUT2D eigenvalue weighted by Gasteiger charge is -2.16. The van der Waals surface area contributed by atoms with Crippen molar-refractivity contribution in [1.82, 2.24) is 9.97 Å². The number of halogens is 1. The Bertz CT molecular complexity index is 886. The van der Waals surface area contributed by atoms with Crippen molar-refractivity contribution in [2.75, 3.05) is 17.7 Å². The van der Waals surface area contributed by atoms with Crippen LogP contribution in [-0.4, -0.2) is 17.1 Å². The SMILES string of the molecule is COc1ccc(Nc2nc(C)cc(NC(C)c3ccccc3)n2)cc1Cl. The molecule has 0 aliphatic carbocycles. The van der Waals surface area contributed by atoms with E-state index in [9.17, 15) is 0 Å². The zero-order valence-corrected chi connectivity index (χ0v) is 15.7. The van der Waals surface area contributed by atoms with E-state index in [0.29, 0.717) is 16.7 Å². The zero-order valence-electron chi connectivity index (χ0n) is 15.0. The van der Waals surface area contributed by atoms with E-state index in [2.05, 4.69) is 39.7 Å². The molecule has 0 radical (unpaired) electrons. The van der Waals surface area contributed by atoms with E-state index in [1.165, 1.54) is 5.56 Å². The minimum absolute atomic E-state index is 0.133. The number of hydrogen-bond acceptors (Lipinski definition) is 5. The number of ether oxygens (including phenoxy) is 1. The molecule has 0 saturated heterocycles. The lowest BCUT2D eigenvalue weighted by atomic mass is 10.1. The topological polar surface area (TPSA) is 59.1 Å². The minimum atomic E-state index is 0.133. The van der Waals surface area contributed by atoms with E-state index in [-0.39, 0.29) is 6.04 Å². The Hall–Kier alpha value is -2.79. The summed E-state index contributed by atoms with van der Waals surface area (Å²) in [6, 6.07) is 17.7. The smallest absolute Gasteiger partial charge is 0.229 e. The van der Waals surface area contributed by atoms with Gasteiger partial charge in [0.05, 0.1) is 12.1 Å². The van der Waals surface area contributed by atoms with Gasteiger partial charge in [-0.15, -0.1) is 0 Å². The van der Waals surface area contributed by atoms with Gasteiger partial charge in [0.1, 0.15) is 11.6 Å². The third kappa shape index (κ3) is 4.43. The molecule has 5 nitrogen and oxygen atoms in total. The van der Waals surface area contributed by atoms with Crippen LogP contribution in [0.5, 0.6) is 5.75 Å². The number of nitrogens with zero attached hydrogens (tertiary/aromatic N) is 2. The molecule has 26 heavy (non-hydrogen) atoms. The van der Waals surface area contributed by atoms with Crippen molar-refractivity contribution in [3.05, 3.63) is 70.9 Å². The molecule has 1 aromatic heterocycles. The Labute approximate surface area is 158 Å². The molecular weight excluding hydrogens is 348 g/mol. The van der Waals surface area contributed by atoms with Crippen molar-refractivity contribution >= 4 is 29.1 Å². The Kier molecular flexibility index (Phi) is 5.58. The second-order valence-corrected chi connectivity index (χ2v) is 6.38. The molecule has 0 amide bonds. The van der Waals surface area contributed by atoms with Gasteiger partial charge < -0.3 is 15.4 Å². The average molecular weight is 369 g/mol. The number of hydrogen-bond donors (Lipinski definition) is 2. The van der Waals surface area contributed by atoms with Crippen LogP contribution >= 0.6 is 11.6 Å². The molecule has 1 atom stereocenters. The number of aromatic nitrogens is 2. The van der Waals surface area contributed by atoms with Gasteiger partial charge in [-0.3, -0.25) is 0 Å². The molecule has 2 N–H and O–H groups in total. The van der Waals surface area contributed by atoms with Crippen molar-refractivity contribution in [1.29, 1.82) is 0 Å².